The molecule has 0 atom stereocenters. The highest BCUT2D eigenvalue weighted by molar-refractivity contribution is 5.96. The Labute approximate surface area is 168 Å². The van der Waals surface area contributed by atoms with E-state index in [0.29, 0.717) is 17.0 Å². The molecule has 5 heteroatoms. The van der Waals surface area contributed by atoms with Gasteiger partial charge in [-0.25, -0.2) is 0 Å². The van der Waals surface area contributed by atoms with Crippen molar-refractivity contribution in [2.24, 2.45) is 10.9 Å². The summed E-state index contributed by atoms with van der Waals surface area (Å²) in [5.41, 5.74) is 8.11. The summed E-state index contributed by atoms with van der Waals surface area (Å²) in [5.74, 6) is 1.57. The Hall–Kier alpha value is -3.08. The van der Waals surface area contributed by atoms with E-state index in [1.807, 2.05) is 52.8 Å². The zero-order valence-electron chi connectivity index (χ0n) is 17.8. The van der Waals surface area contributed by atoms with E-state index in [-0.39, 0.29) is 5.84 Å². The number of nitrogens with two attached hydrogens (primary N) is 1. The van der Waals surface area contributed by atoms with Gasteiger partial charge >= 0.3 is 0 Å². The summed E-state index contributed by atoms with van der Waals surface area (Å²) in [5, 5.41) is 11.4. The fourth-order valence-electron chi connectivity index (χ4n) is 2.03. The monoisotopic (exact) mass is 383 g/mol. The number of hydrogen-bond acceptors (Lipinski definition) is 4. The van der Waals surface area contributed by atoms with Gasteiger partial charge < -0.3 is 15.4 Å². The average molecular weight is 384 g/mol. The van der Waals surface area contributed by atoms with Gasteiger partial charge in [0.25, 0.3) is 0 Å². The molecule has 0 aliphatic carbocycles. The highest BCUT2D eigenvalue weighted by atomic mass is 16.4. The highest BCUT2D eigenvalue weighted by Crippen LogP contribution is 2.19. The second kappa shape index (κ2) is 15.0. The molecular formula is C23H33N3O2. The predicted molar refractivity (Wildman–Crippen MR) is 118 cm³/mol. The molecular weight excluding hydrogens is 350 g/mol. The van der Waals surface area contributed by atoms with E-state index in [1.165, 1.54) is 11.8 Å². The second-order valence-electron chi connectivity index (χ2n) is 5.17. The van der Waals surface area contributed by atoms with Crippen LogP contribution in [0.2, 0.25) is 0 Å². The van der Waals surface area contributed by atoms with E-state index in [9.17, 15) is 0 Å². The quantitative estimate of drug-likeness (QED) is 0.250. The van der Waals surface area contributed by atoms with Crippen LogP contribution in [0, 0.1) is 6.92 Å². The second-order valence-corrected chi connectivity index (χ2v) is 5.17. The third-order valence-corrected chi connectivity index (χ3v) is 3.41. The molecule has 152 valence electrons. The smallest absolute Gasteiger partial charge is 0.171 e. The molecule has 1 aromatic carbocycles. The Morgan fingerprint density at radius 2 is 1.64 bits per heavy atom. The Bertz CT molecular complexity index is 779. The van der Waals surface area contributed by atoms with Crippen LogP contribution in [0.5, 0.6) is 0 Å². The number of aromatic nitrogens is 1. The van der Waals surface area contributed by atoms with Crippen molar-refractivity contribution in [1.29, 1.82) is 0 Å². The maximum absolute atomic E-state index is 8.49. The molecule has 2 heterocycles. The van der Waals surface area contributed by atoms with Gasteiger partial charge in [0.1, 0.15) is 11.5 Å². The van der Waals surface area contributed by atoms with Gasteiger partial charge in [-0.2, -0.15) is 0 Å². The molecule has 0 aliphatic rings. The molecule has 2 aromatic heterocycles. The summed E-state index contributed by atoms with van der Waals surface area (Å²) < 4.78 is 5.42. The first-order valence-electron chi connectivity index (χ1n) is 9.68. The van der Waals surface area contributed by atoms with E-state index in [4.69, 9.17) is 15.4 Å². The summed E-state index contributed by atoms with van der Waals surface area (Å²) in [7, 11) is 0. The number of aryl methyl sites for hydroxylation is 2. The van der Waals surface area contributed by atoms with Gasteiger partial charge in [-0.3, -0.25) is 4.98 Å². The molecule has 3 N–H and O–H groups in total. The minimum atomic E-state index is 0.0367. The van der Waals surface area contributed by atoms with Crippen LogP contribution in [0.4, 0.5) is 0 Å². The summed E-state index contributed by atoms with van der Waals surface area (Å²) in [6.07, 6.45) is 2.67. The largest absolute Gasteiger partial charge is 0.460 e. The average Bonchev–Trinajstić information content (AvgIpc) is 3.23. The van der Waals surface area contributed by atoms with Crippen LogP contribution in [0.25, 0.3) is 11.5 Å². The Morgan fingerprint density at radius 1 is 1.00 bits per heavy atom. The molecule has 28 heavy (non-hydrogen) atoms. The molecule has 0 saturated carbocycles. The van der Waals surface area contributed by atoms with E-state index in [0.717, 1.165) is 12.2 Å². The number of nitrogens with zero attached hydrogens (tertiary/aromatic N) is 2. The zero-order chi connectivity index (χ0) is 21.4. The minimum absolute atomic E-state index is 0.0367. The van der Waals surface area contributed by atoms with Crippen LogP contribution in [0.1, 0.15) is 51.5 Å². The first kappa shape index (κ1) is 24.9. The molecule has 3 rings (SSSR count). The number of amidine groups is 1. The Kier molecular flexibility index (Phi) is 13.4. The molecule has 0 unspecified atom stereocenters. The number of benzene rings is 1. The van der Waals surface area contributed by atoms with E-state index in [2.05, 4.69) is 41.3 Å². The Morgan fingerprint density at radius 3 is 2.04 bits per heavy atom. The van der Waals surface area contributed by atoms with Crippen molar-refractivity contribution in [3.63, 3.8) is 0 Å². The van der Waals surface area contributed by atoms with Crippen LogP contribution >= 0.6 is 0 Å². The molecule has 5 nitrogen and oxygen atoms in total. The fraction of sp³-hybridized carbons (Fsp3) is 0.304. The Balaban J connectivity index is 0.000000511. The summed E-state index contributed by atoms with van der Waals surface area (Å²) in [4.78, 5) is 4.17. The van der Waals surface area contributed by atoms with Gasteiger partial charge in [-0.1, -0.05) is 70.1 Å². The number of rotatable bonds is 3. The van der Waals surface area contributed by atoms with Crippen LogP contribution < -0.4 is 5.73 Å². The van der Waals surface area contributed by atoms with Crippen molar-refractivity contribution in [2.75, 3.05) is 0 Å². The van der Waals surface area contributed by atoms with E-state index < -0.39 is 0 Å². The molecule has 0 amide bonds. The topological polar surface area (TPSA) is 84.6 Å². The third-order valence-electron chi connectivity index (χ3n) is 3.41. The lowest BCUT2D eigenvalue weighted by molar-refractivity contribution is 0.318. The van der Waals surface area contributed by atoms with Crippen molar-refractivity contribution in [3.05, 3.63) is 77.7 Å². The van der Waals surface area contributed by atoms with Gasteiger partial charge in [0.2, 0.25) is 0 Å². The fourth-order valence-corrected chi connectivity index (χ4v) is 2.03. The number of oxime groups is 1. The molecule has 0 aliphatic heterocycles. The molecule has 0 radical (unpaired) electrons. The summed E-state index contributed by atoms with van der Waals surface area (Å²) >= 11 is 0. The van der Waals surface area contributed by atoms with Gasteiger partial charge in [0, 0.05) is 11.8 Å². The SMILES string of the molecule is CC.CC.CCc1ccccc1.Cc1ccc(-c2ccc(/C(N)=N/O)cn2)o1. The first-order valence-corrected chi connectivity index (χ1v) is 9.68. The van der Waals surface area contributed by atoms with Crippen LogP contribution in [0.3, 0.4) is 0 Å². The maximum Gasteiger partial charge on any atom is 0.171 e. The lowest BCUT2D eigenvalue weighted by Gasteiger charge is -1.99. The number of furan rings is 1. The highest BCUT2D eigenvalue weighted by Gasteiger charge is 2.05. The van der Waals surface area contributed by atoms with Crippen molar-refractivity contribution >= 4 is 5.84 Å². The molecule has 0 saturated heterocycles. The summed E-state index contributed by atoms with van der Waals surface area (Å²) in [6, 6.07) is 17.6. The van der Waals surface area contributed by atoms with Crippen LogP contribution in [-0.4, -0.2) is 16.0 Å². The molecule has 0 fully saturated rings. The normalized spacial score (nSPS) is 9.71. The number of hydrogen-bond donors (Lipinski definition) is 2. The van der Waals surface area contributed by atoms with Crippen molar-refractivity contribution in [1.82, 2.24) is 4.98 Å². The van der Waals surface area contributed by atoms with Gasteiger partial charge in [-0.05, 0) is 43.2 Å². The molecule has 0 spiro atoms. The van der Waals surface area contributed by atoms with E-state index in [1.54, 1.807) is 12.1 Å². The first-order chi connectivity index (χ1) is 13.6. The van der Waals surface area contributed by atoms with E-state index >= 15 is 0 Å². The third kappa shape index (κ3) is 8.54. The van der Waals surface area contributed by atoms with Crippen molar-refractivity contribution < 1.29 is 9.62 Å². The van der Waals surface area contributed by atoms with Crippen molar-refractivity contribution in [2.45, 2.75) is 48.0 Å². The van der Waals surface area contributed by atoms with Gasteiger partial charge in [0.15, 0.2) is 11.6 Å². The zero-order valence-corrected chi connectivity index (χ0v) is 17.8. The predicted octanol–water partition coefficient (Wildman–Crippen LogP) is 6.05. The molecule has 3 aromatic rings. The van der Waals surface area contributed by atoms with Crippen LogP contribution in [-0.2, 0) is 6.42 Å². The lowest BCUT2D eigenvalue weighted by atomic mass is 10.2. The number of pyridine rings is 1. The molecule has 0 bridgehead atoms. The summed E-state index contributed by atoms with van der Waals surface area (Å²) in [6.45, 7) is 12.0. The lowest BCUT2D eigenvalue weighted by Crippen LogP contribution is -2.13. The standard InChI is InChI=1S/C11H11N3O2.C8H10.2C2H6/c1-7-2-5-10(16-7)9-4-3-8(6-13-9)11(12)14-15;1-2-8-6-4-3-5-7-8;2*1-2/h2-6,15H,1H3,(H2,12,14);3-7H,2H2,1H3;2*1-2H3. The van der Waals surface area contributed by atoms with Gasteiger partial charge in [0.05, 0.1) is 0 Å². The maximum atomic E-state index is 8.49. The van der Waals surface area contributed by atoms with Crippen LogP contribution in [0.15, 0.2) is 70.4 Å². The minimum Gasteiger partial charge on any atom is -0.460 e. The van der Waals surface area contributed by atoms with Crippen molar-refractivity contribution in [3.8, 4) is 11.5 Å². The van der Waals surface area contributed by atoms with Gasteiger partial charge in [-0.15, -0.1) is 0 Å².